The Hall–Kier alpha value is -3.39. The number of nitrogens with one attached hydrogen (secondary N) is 1. The first-order chi connectivity index (χ1) is 16.6. The Morgan fingerprint density at radius 2 is 1.63 bits per heavy atom. The molecule has 3 aromatic carbocycles. The number of benzene rings is 3. The summed E-state index contributed by atoms with van der Waals surface area (Å²) in [5, 5.41) is 2.75. The first-order valence-corrected chi connectivity index (χ1v) is 11.3. The van der Waals surface area contributed by atoms with Gasteiger partial charge in [0.2, 0.25) is 0 Å². The molecule has 1 fully saturated rings. The molecule has 1 saturated heterocycles. The first-order valence-electron chi connectivity index (χ1n) is 10.2. The molecule has 0 radical (unpaired) electrons. The van der Waals surface area contributed by atoms with Gasteiger partial charge >= 0.3 is 6.03 Å². The van der Waals surface area contributed by atoms with Crippen LogP contribution in [0.2, 0.25) is 15.1 Å². The molecular weight excluding hydrogens is 518 g/mol. The second kappa shape index (κ2) is 10.1. The van der Waals surface area contributed by atoms with Crippen molar-refractivity contribution in [3.63, 3.8) is 0 Å². The number of barbiturate groups is 1. The van der Waals surface area contributed by atoms with E-state index in [4.69, 9.17) is 39.5 Å². The molecule has 1 heterocycles. The molecule has 1 N–H and O–H groups in total. The second-order valence-electron chi connectivity index (χ2n) is 7.62. The topological polar surface area (TPSA) is 75.7 Å². The maximum absolute atomic E-state index is 13.2. The van der Waals surface area contributed by atoms with E-state index in [1.54, 1.807) is 31.2 Å². The van der Waals surface area contributed by atoms with Crippen LogP contribution in [0.4, 0.5) is 14.9 Å². The molecule has 0 spiro atoms. The number of halogens is 4. The fraction of sp³-hybridized carbons (Fsp3) is 0.0800. The van der Waals surface area contributed by atoms with Crippen LogP contribution in [-0.2, 0) is 16.2 Å². The van der Waals surface area contributed by atoms with Crippen molar-refractivity contribution in [3.05, 3.63) is 97.7 Å². The predicted octanol–water partition coefficient (Wildman–Crippen LogP) is 6.34. The molecule has 0 bridgehead atoms. The molecule has 178 valence electrons. The molecule has 1 aliphatic rings. The Morgan fingerprint density at radius 3 is 2.29 bits per heavy atom. The van der Waals surface area contributed by atoms with E-state index in [1.807, 2.05) is 0 Å². The summed E-state index contributed by atoms with van der Waals surface area (Å²) in [7, 11) is 0. The number of urea groups is 1. The maximum Gasteiger partial charge on any atom is 0.335 e. The van der Waals surface area contributed by atoms with E-state index in [-0.39, 0.29) is 39.5 Å². The summed E-state index contributed by atoms with van der Waals surface area (Å²) >= 11 is 18.7. The minimum Gasteiger partial charge on any atom is -0.486 e. The van der Waals surface area contributed by atoms with Crippen molar-refractivity contribution in [1.82, 2.24) is 5.32 Å². The number of hydrogen-bond donors (Lipinski definition) is 1. The van der Waals surface area contributed by atoms with Crippen molar-refractivity contribution in [1.29, 1.82) is 0 Å². The van der Waals surface area contributed by atoms with Crippen LogP contribution in [0, 0.1) is 12.7 Å². The Bertz CT molecular complexity index is 1370. The highest BCUT2D eigenvalue weighted by molar-refractivity contribution is 6.40. The molecule has 4 amide bonds. The van der Waals surface area contributed by atoms with Gasteiger partial charge in [0.1, 0.15) is 18.0 Å². The molecule has 0 aliphatic carbocycles. The van der Waals surface area contributed by atoms with Gasteiger partial charge in [-0.15, -0.1) is 0 Å². The molecule has 0 unspecified atom stereocenters. The van der Waals surface area contributed by atoms with Crippen LogP contribution in [0.1, 0.15) is 16.7 Å². The van der Waals surface area contributed by atoms with Crippen LogP contribution in [0.15, 0.2) is 60.2 Å². The summed E-state index contributed by atoms with van der Waals surface area (Å²) in [6, 6.07) is 12.5. The zero-order valence-electron chi connectivity index (χ0n) is 18.1. The van der Waals surface area contributed by atoms with Crippen molar-refractivity contribution in [2.24, 2.45) is 0 Å². The molecule has 0 aromatic heterocycles. The number of carbonyl (C=O) groups excluding carboxylic acids is 3. The van der Waals surface area contributed by atoms with E-state index < -0.39 is 17.8 Å². The minimum absolute atomic E-state index is 0.0944. The van der Waals surface area contributed by atoms with Crippen LogP contribution in [0.5, 0.6) is 5.75 Å². The minimum atomic E-state index is -0.886. The number of nitrogens with zero attached hydrogens (tertiary/aromatic N) is 1. The number of rotatable bonds is 5. The Kier molecular flexibility index (Phi) is 7.12. The highest BCUT2D eigenvalue weighted by Crippen LogP contribution is 2.36. The van der Waals surface area contributed by atoms with Gasteiger partial charge in [0.05, 0.1) is 15.7 Å². The lowest BCUT2D eigenvalue weighted by molar-refractivity contribution is -0.122. The third-order valence-electron chi connectivity index (χ3n) is 5.14. The largest absolute Gasteiger partial charge is 0.486 e. The Labute approximate surface area is 214 Å². The van der Waals surface area contributed by atoms with Crippen LogP contribution in [-0.4, -0.2) is 17.8 Å². The fourth-order valence-corrected chi connectivity index (χ4v) is 4.18. The number of amides is 4. The van der Waals surface area contributed by atoms with Crippen molar-refractivity contribution >= 4 is 64.4 Å². The highest BCUT2D eigenvalue weighted by atomic mass is 35.5. The van der Waals surface area contributed by atoms with Crippen molar-refractivity contribution < 1.29 is 23.5 Å². The molecule has 3 aromatic rings. The van der Waals surface area contributed by atoms with Crippen LogP contribution < -0.4 is 15.0 Å². The van der Waals surface area contributed by atoms with Gasteiger partial charge in [0, 0.05) is 5.02 Å². The van der Waals surface area contributed by atoms with E-state index in [9.17, 15) is 18.8 Å². The number of hydrogen-bond acceptors (Lipinski definition) is 4. The van der Waals surface area contributed by atoms with Gasteiger partial charge in [-0.1, -0.05) is 53.0 Å². The Morgan fingerprint density at radius 1 is 0.971 bits per heavy atom. The summed E-state index contributed by atoms with van der Waals surface area (Å²) < 4.78 is 18.8. The van der Waals surface area contributed by atoms with Gasteiger partial charge in [-0.25, -0.2) is 14.1 Å². The molecule has 4 rings (SSSR count). The average Bonchev–Trinajstić information content (AvgIpc) is 2.79. The van der Waals surface area contributed by atoms with Crippen molar-refractivity contribution in [2.45, 2.75) is 13.5 Å². The normalized spacial score (nSPS) is 14.9. The summed E-state index contributed by atoms with van der Waals surface area (Å²) in [4.78, 5) is 38.9. The third kappa shape index (κ3) is 5.32. The van der Waals surface area contributed by atoms with E-state index >= 15 is 0 Å². The molecule has 1 aliphatic heterocycles. The fourth-order valence-electron chi connectivity index (χ4n) is 3.40. The van der Waals surface area contributed by atoms with Crippen LogP contribution in [0.3, 0.4) is 0 Å². The summed E-state index contributed by atoms with van der Waals surface area (Å²) in [6.45, 7) is 1.80. The lowest BCUT2D eigenvalue weighted by Gasteiger charge is -2.27. The SMILES string of the molecule is Cc1ccc(Cl)cc1N1C(=O)NC(=O)/C(=C\c2cc(Cl)c(OCc3ccc(F)cc3)c(Cl)c2)C1=O. The monoisotopic (exact) mass is 532 g/mol. The number of carbonyl (C=O) groups is 3. The van der Waals surface area contributed by atoms with E-state index in [0.717, 1.165) is 4.90 Å². The van der Waals surface area contributed by atoms with Crippen LogP contribution >= 0.6 is 34.8 Å². The van der Waals surface area contributed by atoms with Gasteiger partial charge in [0.15, 0.2) is 5.75 Å². The van der Waals surface area contributed by atoms with Gasteiger partial charge in [0.25, 0.3) is 11.8 Å². The maximum atomic E-state index is 13.2. The van der Waals surface area contributed by atoms with Gasteiger partial charge in [-0.2, -0.15) is 0 Å². The number of anilines is 1. The van der Waals surface area contributed by atoms with Crippen molar-refractivity contribution in [2.75, 3.05) is 4.90 Å². The molecule has 0 saturated carbocycles. The Balaban J connectivity index is 1.62. The lowest BCUT2D eigenvalue weighted by atomic mass is 10.1. The van der Waals surface area contributed by atoms with E-state index in [0.29, 0.717) is 21.7 Å². The highest BCUT2D eigenvalue weighted by Gasteiger charge is 2.37. The molecule has 35 heavy (non-hydrogen) atoms. The molecule has 10 heteroatoms. The lowest BCUT2D eigenvalue weighted by Crippen LogP contribution is -2.54. The zero-order chi connectivity index (χ0) is 25.3. The zero-order valence-corrected chi connectivity index (χ0v) is 20.3. The molecule has 0 atom stereocenters. The van der Waals surface area contributed by atoms with Gasteiger partial charge < -0.3 is 4.74 Å². The van der Waals surface area contributed by atoms with Gasteiger partial charge in [-0.05, 0) is 66.1 Å². The average molecular weight is 534 g/mol. The van der Waals surface area contributed by atoms with Crippen LogP contribution in [0.25, 0.3) is 6.08 Å². The predicted molar refractivity (Wildman–Crippen MR) is 132 cm³/mol. The third-order valence-corrected chi connectivity index (χ3v) is 5.94. The number of ether oxygens (including phenoxy) is 1. The van der Waals surface area contributed by atoms with Crippen molar-refractivity contribution in [3.8, 4) is 5.75 Å². The standard InChI is InChI=1S/C25H16Cl3FN2O4/c1-13-2-5-16(26)11-21(13)31-24(33)18(23(32)30-25(31)34)8-15-9-19(27)22(20(28)10-15)35-12-14-3-6-17(29)7-4-14/h2-11H,12H2,1H3,(H,30,32,34)/b18-8+. The smallest absolute Gasteiger partial charge is 0.335 e. The summed E-state index contributed by atoms with van der Waals surface area (Å²) in [5.74, 6) is -1.87. The quantitative estimate of drug-likeness (QED) is 0.307. The number of imide groups is 2. The summed E-state index contributed by atoms with van der Waals surface area (Å²) in [5.41, 5.74) is 1.61. The number of aryl methyl sites for hydroxylation is 1. The molecular formula is C25H16Cl3FN2O4. The van der Waals surface area contributed by atoms with E-state index in [1.165, 1.54) is 36.4 Å². The first kappa shape index (κ1) is 24.7. The summed E-state index contributed by atoms with van der Waals surface area (Å²) in [6.07, 6.45) is 1.28. The van der Waals surface area contributed by atoms with E-state index in [2.05, 4.69) is 5.32 Å². The molecule has 6 nitrogen and oxygen atoms in total. The second-order valence-corrected chi connectivity index (χ2v) is 8.87. The van der Waals surface area contributed by atoms with Gasteiger partial charge in [-0.3, -0.25) is 14.9 Å².